The van der Waals surface area contributed by atoms with E-state index in [2.05, 4.69) is 5.32 Å². The first-order valence-electron chi connectivity index (χ1n) is 6.71. The van der Waals surface area contributed by atoms with Gasteiger partial charge in [0.25, 0.3) is 5.91 Å². The summed E-state index contributed by atoms with van der Waals surface area (Å²) < 4.78 is 0. The van der Waals surface area contributed by atoms with E-state index in [0.29, 0.717) is 13.0 Å². The van der Waals surface area contributed by atoms with Crippen LogP contribution in [0.4, 0.5) is 0 Å². The maximum atomic E-state index is 12.0. The SMILES string of the molecule is Cc1cc(C(=O)NCCCN2CCCC2=O)c(C)s1. The quantitative estimate of drug-likeness (QED) is 0.840. The zero-order valence-electron chi connectivity index (χ0n) is 11.5. The van der Waals surface area contributed by atoms with Crippen molar-refractivity contribution in [2.45, 2.75) is 33.1 Å². The van der Waals surface area contributed by atoms with Gasteiger partial charge in [-0.25, -0.2) is 0 Å². The molecule has 19 heavy (non-hydrogen) atoms. The molecule has 1 aromatic rings. The fraction of sp³-hybridized carbons (Fsp3) is 0.571. The third-order valence-corrected chi connectivity index (χ3v) is 4.31. The highest BCUT2D eigenvalue weighted by atomic mass is 32.1. The first-order chi connectivity index (χ1) is 9.08. The van der Waals surface area contributed by atoms with Crippen LogP contribution in [0.2, 0.25) is 0 Å². The lowest BCUT2D eigenvalue weighted by Crippen LogP contribution is -2.30. The summed E-state index contributed by atoms with van der Waals surface area (Å²) in [5.74, 6) is 0.241. The van der Waals surface area contributed by atoms with Gasteiger partial charge in [0, 0.05) is 35.8 Å². The van der Waals surface area contributed by atoms with Crippen molar-refractivity contribution in [2.75, 3.05) is 19.6 Å². The highest BCUT2D eigenvalue weighted by molar-refractivity contribution is 7.12. The number of hydrogen-bond donors (Lipinski definition) is 1. The maximum Gasteiger partial charge on any atom is 0.252 e. The van der Waals surface area contributed by atoms with Gasteiger partial charge in [0.2, 0.25) is 5.91 Å². The predicted molar refractivity (Wildman–Crippen MR) is 76.6 cm³/mol. The molecule has 1 fully saturated rings. The molecule has 0 bridgehead atoms. The zero-order valence-corrected chi connectivity index (χ0v) is 12.3. The fourth-order valence-electron chi connectivity index (χ4n) is 2.36. The molecule has 4 nitrogen and oxygen atoms in total. The summed E-state index contributed by atoms with van der Waals surface area (Å²) in [6, 6.07) is 1.93. The molecule has 0 atom stereocenters. The Morgan fingerprint density at radius 2 is 2.26 bits per heavy atom. The Bertz CT molecular complexity index is 482. The van der Waals surface area contributed by atoms with Gasteiger partial charge in [-0.05, 0) is 32.8 Å². The number of rotatable bonds is 5. The van der Waals surface area contributed by atoms with Gasteiger partial charge in [0.05, 0.1) is 5.56 Å². The number of carbonyl (C=O) groups is 2. The van der Waals surface area contributed by atoms with Crippen LogP contribution in [0, 0.1) is 13.8 Å². The van der Waals surface area contributed by atoms with Crippen LogP contribution in [0.5, 0.6) is 0 Å². The molecule has 2 amide bonds. The smallest absolute Gasteiger partial charge is 0.252 e. The molecule has 2 heterocycles. The molecule has 5 heteroatoms. The highest BCUT2D eigenvalue weighted by Crippen LogP contribution is 2.20. The number of likely N-dealkylation sites (tertiary alicyclic amines) is 1. The summed E-state index contributed by atoms with van der Waals surface area (Å²) in [4.78, 5) is 27.5. The monoisotopic (exact) mass is 280 g/mol. The Hall–Kier alpha value is -1.36. The molecule has 0 radical (unpaired) electrons. The Balaban J connectivity index is 1.72. The Kier molecular flexibility index (Phi) is 4.58. The van der Waals surface area contributed by atoms with Crippen LogP contribution >= 0.6 is 11.3 Å². The molecule has 0 saturated carbocycles. The number of amides is 2. The van der Waals surface area contributed by atoms with Crippen molar-refractivity contribution in [1.82, 2.24) is 10.2 Å². The van der Waals surface area contributed by atoms with Crippen LogP contribution < -0.4 is 5.32 Å². The number of nitrogens with zero attached hydrogens (tertiary/aromatic N) is 1. The molecule has 0 unspecified atom stereocenters. The van der Waals surface area contributed by atoms with E-state index in [0.717, 1.165) is 41.2 Å². The molecule has 0 spiro atoms. The maximum absolute atomic E-state index is 12.0. The number of hydrogen-bond acceptors (Lipinski definition) is 3. The summed E-state index contributed by atoms with van der Waals surface area (Å²) in [5.41, 5.74) is 0.778. The lowest BCUT2D eigenvalue weighted by Gasteiger charge is -2.15. The van der Waals surface area contributed by atoms with Gasteiger partial charge >= 0.3 is 0 Å². The van der Waals surface area contributed by atoms with E-state index in [-0.39, 0.29) is 11.8 Å². The molecule has 0 aromatic carbocycles. The Morgan fingerprint density at radius 3 is 2.84 bits per heavy atom. The van der Waals surface area contributed by atoms with Crippen molar-refractivity contribution in [3.63, 3.8) is 0 Å². The van der Waals surface area contributed by atoms with Crippen LogP contribution in [0.25, 0.3) is 0 Å². The van der Waals surface area contributed by atoms with E-state index in [1.54, 1.807) is 11.3 Å². The average molecular weight is 280 g/mol. The van der Waals surface area contributed by atoms with Crippen molar-refractivity contribution in [1.29, 1.82) is 0 Å². The van der Waals surface area contributed by atoms with Gasteiger partial charge in [-0.3, -0.25) is 9.59 Å². The number of aryl methyl sites for hydroxylation is 2. The zero-order chi connectivity index (χ0) is 13.8. The molecule has 1 N–H and O–H groups in total. The Morgan fingerprint density at radius 1 is 1.47 bits per heavy atom. The predicted octanol–water partition coefficient (Wildman–Crippen LogP) is 2.11. The van der Waals surface area contributed by atoms with Crippen molar-refractivity contribution < 1.29 is 9.59 Å². The van der Waals surface area contributed by atoms with E-state index < -0.39 is 0 Å². The lowest BCUT2D eigenvalue weighted by atomic mass is 10.2. The molecular formula is C14H20N2O2S. The second-order valence-electron chi connectivity index (χ2n) is 4.92. The summed E-state index contributed by atoms with van der Waals surface area (Å²) in [7, 11) is 0. The van der Waals surface area contributed by atoms with Gasteiger partial charge in [-0.15, -0.1) is 11.3 Å². The molecule has 0 aliphatic carbocycles. The third kappa shape index (κ3) is 3.56. The van der Waals surface area contributed by atoms with Crippen LogP contribution in [0.15, 0.2) is 6.07 Å². The van der Waals surface area contributed by atoms with E-state index >= 15 is 0 Å². The normalized spacial score (nSPS) is 15.1. The van der Waals surface area contributed by atoms with Crippen molar-refractivity contribution in [3.05, 3.63) is 21.4 Å². The van der Waals surface area contributed by atoms with Gasteiger partial charge in [0.15, 0.2) is 0 Å². The largest absolute Gasteiger partial charge is 0.352 e. The molecule has 1 aromatic heterocycles. The van der Waals surface area contributed by atoms with E-state index in [9.17, 15) is 9.59 Å². The van der Waals surface area contributed by atoms with Crippen LogP contribution in [0.1, 0.15) is 39.4 Å². The lowest BCUT2D eigenvalue weighted by molar-refractivity contribution is -0.127. The first kappa shape index (κ1) is 14.1. The summed E-state index contributed by atoms with van der Waals surface area (Å²) in [5, 5.41) is 2.92. The second kappa shape index (κ2) is 6.19. The van der Waals surface area contributed by atoms with Gasteiger partial charge in [0.1, 0.15) is 0 Å². The molecular weight excluding hydrogens is 260 g/mol. The topological polar surface area (TPSA) is 49.4 Å². The summed E-state index contributed by atoms with van der Waals surface area (Å²) in [6.45, 7) is 6.22. The molecule has 2 rings (SSSR count). The molecule has 1 aliphatic rings. The van der Waals surface area contributed by atoms with Crippen LogP contribution in [0.3, 0.4) is 0 Å². The second-order valence-corrected chi connectivity index (χ2v) is 6.38. The molecule has 1 aliphatic heterocycles. The molecule has 104 valence electrons. The van der Waals surface area contributed by atoms with E-state index in [4.69, 9.17) is 0 Å². The van der Waals surface area contributed by atoms with Gasteiger partial charge in [-0.1, -0.05) is 0 Å². The highest BCUT2D eigenvalue weighted by Gasteiger charge is 2.19. The molecule has 1 saturated heterocycles. The van der Waals surface area contributed by atoms with Crippen LogP contribution in [-0.4, -0.2) is 36.3 Å². The van der Waals surface area contributed by atoms with E-state index in [1.165, 1.54) is 0 Å². The van der Waals surface area contributed by atoms with Crippen molar-refractivity contribution in [2.24, 2.45) is 0 Å². The van der Waals surface area contributed by atoms with Crippen molar-refractivity contribution in [3.8, 4) is 0 Å². The minimum Gasteiger partial charge on any atom is -0.352 e. The standard InChI is InChI=1S/C14H20N2O2S/c1-10-9-12(11(2)19-10)14(18)15-6-4-8-16-7-3-5-13(16)17/h9H,3-8H2,1-2H3,(H,15,18). The first-order valence-corrected chi connectivity index (χ1v) is 7.52. The summed E-state index contributed by atoms with van der Waals surface area (Å²) >= 11 is 1.64. The van der Waals surface area contributed by atoms with Gasteiger partial charge in [-0.2, -0.15) is 0 Å². The number of nitrogens with one attached hydrogen (secondary N) is 1. The number of carbonyl (C=O) groups excluding carboxylic acids is 2. The fourth-order valence-corrected chi connectivity index (χ4v) is 3.29. The summed E-state index contributed by atoms with van der Waals surface area (Å²) in [6.07, 6.45) is 2.47. The van der Waals surface area contributed by atoms with Crippen LogP contribution in [-0.2, 0) is 4.79 Å². The van der Waals surface area contributed by atoms with Gasteiger partial charge < -0.3 is 10.2 Å². The minimum absolute atomic E-state index is 0.00500. The Labute approximate surface area is 117 Å². The minimum atomic E-state index is -0.00500. The van der Waals surface area contributed by atoms with Crippen molar-refractivity contribution >= 4 is 23.2 Å². The average Bonchev–Trinajstić information content (AvgIpc) is 2.91. The van der Waals surface area contributed by atoms with E-state index in [1.807, 2.05) is 24.8 Å². The third-order valence-electron chi connectivity index (χ3n) is 3.35. The number of thiophene rings is 1.